The highest BCUT2D eigenvalue weighted by molar-refractivity contribution is 7.90. The van der Waals surface area contributed by atoms with Crippen LogP contribution in [0, 0.1) is 0 Å². The number of hydrogen-bond acceptors (Lipinski definition) is 4. The van der Waals surface area contributed by atoms with Crippen LogP contribution >= 0.6 is 0 Å². The standard InChI is InChI=1S/C21H29N3O4S/c1-2-19(25)24-11-9-16(10-12-24)29(27,28)23-21(26)22-20-17-7-3-5-14(17)13-15-6-4-8-18(15)20/h13,16H,2-12H2,1H3,(H2,22,23,26). The van der Waals surface area contributed by atoms with Crippen molar-refractivity contribution in [1.29, 1.82) is 0 Å². The van der Waals surface area contributed by atoms with E-state index in [4.69, 9.17) is 0 Å². The third-order valence-corrected chi connectivity index (χ3v) is 8.30. The number of aryl methyl sites for hydroxylation is 2. The van der Waals surface area contributed by atoms with Crippen molar-refractivity contribution in [1.82, 2.24) is 9.62 Å². The number of anilines is 1. The van der Waals surface area contributed by atoms with E-state index < -0.39 is 21.3 Å². The molecule has 158 valence electrons. The summed E-state index contributed by atoms with van der Waals surface area (Å²) in [7, 11) is -3.79. The molecule has 1 aromatic rings. The number of carbonyl (C=O) groups excluding carboxylic acids is 2. The molecule has 1 fully saturated rings. The number of amides is 3. The monoisotopic (exact) mass is 419 g/mol. The minimum absolute atomic E-state index is 0.0401. The Hall–Kier alpha value is -2.09. The summed E-state index contributed by atoms with van der Waals surface area (Å²) in [5.74, 6) is 0.0401. The lowest BCUT2D eigenvalue weighted by Gasteiger charge is -2.31. The van der Waals surface area contributed by atoms with Gasteiger partial charge in [-0.25, -0.2) is 17.9 Å². The molecule has 0 spiro atoms. The highest BCUT2D eigenvalue weighted by atomic mass is 32.2. The maximum Gasteiger partial charge on any atom is 0.332 e. The summed E-state index contributed by atoms with van der Waals surface area (Å²) in [6.45, 7) is 2.63. The van der Waals surface area contributed by atoms with Crippen molar-refractivity contribution < 1.29 is 18.0 Å². The van der Waals surface area contributed by atoms with Gasteiger partial charge in [-0.2, -0.15) is 0 Å². The predicted molar refractivity (Wildman–Crippen MR) is 111 cm³/mol. The first-order valence-corrected chi connectivity index (χ1v) is 12.2. The molecular formula is C21H29N3O4S. The molecule has 1 heterocycles. The normalized spacial score (nSPS) is 19.0. The van der Waals surface area contributed by atoms with Gasteiger partial charge < -0.3 is 10.2 Å². The minimum Gasteiger partial charge on any atom is -0.343 e. The fraction of sp³-hybridized carbons (Fsp3) is 0.619. The van der Waals surface area contributed by atoms with Crippen LogP contribution in [0.4, 0.5) is 10.5 Å². The molecule has 29 heavy (non-hydrogen) atoms. The van der Waals surface area contributed by atoms with E-state index in [0.29, 0.717) is 32.4 Å². The molecule has 0 unspecified atom stereocenters. The average Bonchev–Trinajstić information content (AvgIpc) is 3.36. The Labute approximate surface area is 172 Å². The molecule has 2 N–H and O–H groups in total. The summed E-state index contributed by atoms with van der Waals surface area (Å²) in [4.78, 5) is 26.1. The van der Waals surface area contributed by atoms with Crippen molar-refractivity contribution in [2.75, 3.05) is 18.4 Å². The van der Waals surface area contributed by atoms with Crippen LogP contribution in [0.3, 0.4) is 0 Å². The van der Waals surface area contributed by atoms with Crippen LogP contribution in [0.2, 0.25) is 0 Å². The van der Waals surface area contributed by atoms with Gasteiger partial charge in [-0.1, -0.05) is 13.0 Å². The van der Waals surface area contributed by atoms with E-state index in [1.54, 1.807) is 11.8 Å². The van der Waals surface area contributed by atoms with Crippen LogP contribution in [0.5, 0.6) is 0 Å². The van der Waals surface area contributed by atoms with Crippen molar-refractivity contribution in [2.45, 2.75) is 70.0 Å². The first kappa shape index (κ1) is 20.2. The number of rotatable bonds is 4. The van der Waals surface area contributed by atoms with Crippen LogP contribution in [-0.2, 0) is 40.5 Å². The van der Waals surface area contributed by atoms with E-state index in [2.05, 4.69) is 16.1 Å². The van der Waals surface area contributed by atoms with Gasteiger partial charge in [0.2, 0.25) is 15.9 Å². The molecule has 0 radical (unpaired) electrons. The number of likely N-dealkylation sites (tertiary alicyclic amines) is 1. The van der Waals surface area contributed by atoms with Crippen LogP contribution in [0.1, 0.15) is 61.3 Å². The lowest BCUT2D eigenvalue weighted by Crippen LogP contribution is -2.47. The van der Waals surface area contributed by atoms with Gasteiger partial charge >= 0.3 is 6.03 Å². The molecule has 4 rings (SSSR count). The predicted octanol–water partition coefficient (Wildman–Crippen LogP) is 2.52. The largest absolute Gasteiger partial charge is 0.343 e. The minimum atomic E-state index is -3.79. The van der Waals surface area contributed by atoms with E-state index in [1.807, 2.05) is 0 Å². The smallest absolute Gasteiger partial charge is 0.332 e. The number of hydrogen-bond donors (Lipinski definition) is 2. The van der Waals surface area contributed by atoms with Crippen molar-refractivity contribution in [3.63, 3.8) is 0 Å². The van der Waals surface area contributed by atoms with Crippen molar-refractivity contribution >= 4 is 27.6 Å². The van der Waals surface area contributed by atoms with Gasteiger partial charge in [-0.3, -0.25) is 4.79 Å². The third-order valence-electron chi connectivity index (χ3n) is 6.48. The molecule has 1 aromatic carbocycles. The highest BCUT2D eigenvalue weighted by Crippen LogP contribution is 2.38. The molecule has 0 atom stereocenters. The zero-order chi connectivity index (χ0) is 20.6. The number of carbonyl (C=O) groups is 2. The van der Waals surface area contributed by atoms with Crippen LogP contribution < -0.4 is 10.0 Å². The highest BCUT2D eigenvalue weighted by Gasteiger charge is 2.33. The lowest BCUT2D eigenvalue weighted by atomic mass is 9.99. The number of nitrogens with one attached hydrogen (secondary N) is 2. The third kappa shape index (κ3) is 3.99. The Balaban J connectivity index is 1.44. The zero-order valence-electron chi connectivity index (χ0n) is 16.9. The molecule has 3 amide bonds. The van der Waals surface area contributed by atoms with Crippen molar-refractivity contribution in [3.05, 3.63) is 28.3 Å². The second-order valence-electron chi connectivity index (χ2n) is 8.27. The lowest BCUT2D eigenvalue weighted by molar-refractivity contribution is -0.131. The number of urea groups is 1. The molecular weight excluding hydrogens is 390 g/mol. The van der Waals surface area contributed by atoms with Gasteiger partial charge in [0.05, 0.1) is 5.25 Å². The summed E-state index contributed by atoms with van der Waals surface area (Å²) in [6, 6.07) is 1.60. The summed E-state index contributed by atoms with van der Waals surface area (Å²) in [5.41, 5.74) is 5.76. The van der Waals surface area contributed by atoms with Gasteiger partial charge in [0, 0.05) is 25.2 Å². The van der Waals surface area contributed by atoms with E-state index >= 15 is 0 Å². The summed E-state index contributed by atoms with van der Waals surface area (Å²) in [5, 5.41) is 2.23. The maximum absolute atomic E-state index is 12.7. The molecule has 0 aromatic heterocycles. The Morgan fingerprint density at radius 3 is 2.17 bits per heavy atom. The molecule has 0 saturated carbocycles. The maximum atomic E-state index is 12.7. The first-order valence-electron chi connectivity index (χ1n) is 10.7. The molecule has 8 heteroatoms. The van der Waals surface area contributed by atoms with E-state index in [-0.39, 0.29) is 5.91 Å². The van der Waals surface area contributed by atoms with Gasteiger partial charge in [-0.05, 0) is 73.6 Å². The average molecular weight is 420 g/mol. The van der Waals surface area contributed by atoms with Gasteiger partial charge in [0.25, 0.3) is 0 Å². The Morgan fingerprint density at radius 2 is 1.62 bits per heavy atom. The SMILES string of the molecule is CCC(=O)N1CCC(S(=O)(=O)NC(=O)Nc2c3c(cc4c2CCC4)CCC3)CC1. The molecule has 0 bridgehead atoms. The van der Waals surface area contributed by atoms with Crippen molar-refractivity contribution in [2.24, 2.45) is 0 Å². The van der Waals surface area contributed by atoms with E-state index in [1.165, 1.54) is 22.3 Å². The number of fused-ring (bicyclic) bond motifs is 2. The summed E-state index contributed by atoms with van der Waals surface area (Å²) in [6.07, 6.45) is 7.16. The summed E-state index contributed by atoms with van der Waals surface area (Å²) >= 11 is 0. The van der Waals surface area contributed by atoms with Gasteiger partial charge in [0.15, 0.2) is 0 Å². The van der Waals surface area contributed by atoms with E-state index in [9.17, 15) is 18.0 Å². The Kier molecular flexibility index (Phi) is 5.55. The number of piperidine rings is 1. The van der Waals surface area contributed by atoms with Crippen LogP contribution in [-0.4, -0.2) is 43.6 Å². The van der Waals surface area contributed by atoms with Crippen LogP contribution in [0.15, 0.2) is 6.07 Å². The summed E-state index contributed by atoms with van der Waals surface area (Å²) < 4.78 is 27.7. The number of sulfonamides is 1. The zero-order valence-corrected chi connectivity index (χ0v) is 17.7. The Bertz CT molecular complexity index is 901. The number of nitrogens with zero attached hydrogens (tertiary/aromatic N) is 1. The quantitative estimate of drug-likeness (QED) is 0.784. The van der Waals surface area contributed by atoms with Gasteiger partial charge in [-0.15, -0.1) is 0 Å². The second kappa shape index (κ2) is 7.97. The topological polar surface area (TPSA) is 95.6 Å². The van der Waals surface area contributed by atoms with Gasteiger partial charge in [0.1, 0.15) is 0 Å². The molecule has 7 nitrogen and oxygen atoms in total. The first-order chi connectivity index (χ1) is 13.9. The molecule has 1 saturated heterocycles. The number of benzene rings is 1. The van der Waals surface area contributed by atoms with E-state index in [0.717, 1.165) is 44.2 Å². The molecule has 1 aliphatic heterocycles. The molecule has 3 aliphatic rings. The fourth-order valence-corrected chi connectivity index (χ4v) is 6.27. The van der Waals surface area contributed by atoms with Crippen LogP contribution in [0.25, 0.3) is 0 Å². The van der Waals surface area contributed by atoms with Crippen molar-refractivity contribution in [3.8, 4) is 0 Å². The molecule has 2 aliphatic carbocycles. The fourth-order valence-electron chi connectivity index (χ4n) is 4.96. The Morgan fingerprint density at radius 1 is 1.03 bits per heavy atom. The second-order valence-corrected chi connectivity index (χ2v) is 10.2.